The van der Waals surface area contributed by atoms with Crippen molar-refractivity contribution >= 4 is 21.9 Å². The minimum Gasteiger partial charge on any atom is -0.744 e. The molecular formula is C19H18NO4S-. The number of fused-ring (bicyclic) bond motifs is 2. The number of para-hydroxylation sites is 1. The van der Waals surface area contributed by atoms with E-state index >= 15 is 0 Å². The van der Waals surface area contributed by atoms with Gasteiger partial charge in [0.1, 0.15) is 15.9 Å². The van der Waals surface area contributed by atoms with Gasteiger partial charge in [-0.3, -0.25) is 0 Å². The summed E-state index contributed by atoms with van der Waals surface area (Å²) in [5, 5.41) is 0. The van der Waals surface area contributed by atoms with E-state index < -0.39 is 15.8 Å². The van der Waals surface area contributed by atoms with Crippen molar-refractivity contribution < 1.29 is 17.7 Å². The molecule has 0 saturated carbocycles. The third kappa shape index (κ3) is 2.07. The second kappa shape index (κ2) is 4.86. The molecule has 0 radical (unpaired) electrons. The van der Waals surface area contributed by atoms with Crippen molar-refractivity contribution in [2.24, 2.45) is 0 Å². The number of benzene rings is 2. The van der Waals surface area contributed by atoms with Gasteiger partial charge in [0.05, 0.1) is 10.3 Å². The molecule has 25 heavy (non-hydrogen) atoms. The first-order chi connectivity index (χ1) is 11.7. The van der Waals surface area contributed by atoms with E-state index in [-0.39, 0.29) is 10.3 Å². The van der Waals surface area contributed by atoms with Gasteiger partial charge in [-0.2, -0.15) is 0 Å². The highest BCUT2D eigenvalue weighted by molar-refractivity contribution is 7.85. The molecule has 2 heterocycles. The highest BCUT2D eigenvalue weighted by Crippen LogP contribution is 2.54. The first-order valence-corrected chi connectivity index (χ1v) is 9.39. The highest BCUT2D eigenvalue weighted by Gasteiger charge is 2.57. The molecule has 0 saturated heterocycles. The Morgan fingerprint density at radius 3 is 2.52 bits per heavy atom. The SMILES string of the molecule is CN1c2ccccc2C(C)(C)C12C=Cc1cc(S(=O)(=O)[O-])ccc1O2. The maximum Gasteiger partial charge on any atom is 0.211 e. The van der Waals surface area contributed by atoms with E-state index in [9.17, 15) is 13.0 Å². The fourth-order valence-electron chi connectivity index (χ4n) is 3.91. The van der Waals surface area contributed by atoms with Crippen LogP contribution >= 0.6 is 0 Å². The monoisotopic (exact) mass is 356 g/mol. The minimum atomic E-state index is -4.49. The summed E-state index contributed by atoms with van der Waals surface area (Å²) in [4.78, 5) is 1.85. The van der Waals surface area contributed by atoms with E-state index in [1.807, 2.05) is 31.3 Å². The van der Waals surface area contributed by atoms with Crippen molar-refractivity contribution in [1.29, 1.82) is 0 Å². The number of likely N-dealkylation sites (N-methyl/N-ethyl adjacent to an activating group) is 1. The average molecular weight is 356 g/mol. The maximum absolute atomic E-state index is 11.2. The summed E-state index contributed by atoms with van der Waals surface area (Å²) < 4.78 is 40.1. The summed E-state index contributed by atoms with van der Waals surface area (Å²) in [5.74, 6) is 0.558. The minimum absolute atomic E-state index is 0.252. The summed E-state index contributed by atoms with van der Waals surface area (Å²) in [7, 11) is -2.51. The Morgan fingerprint density at radius 1 is 1.12 bits per heavy atom. The van der Waals surface area contributed by atoms with E-state index in [2.05, 4.69) is 30.9 Å². The highest BCUT2D eigenvalue weighted by atomic mass is 32.2. The molecule has 0 amide bonds. The van der Waals surface area contributed by atoms with Crippen LogP contribution in [-0.2, 0) is 15.5 Å². The normalized spacial score (nSPS) is 23.3. The third-order valence-corrected chi connectivity index (χ3v) is 6.19. The smallest absolute Gasteiger partial charge is 0.211 e. The second-order valence-corrected chi connectivity index (χ2v) is 8.37. The van der Waals surface area contributed by atoms with Gasteiger partial charge < -0.3 is 14.2 Å². The van der Waals surface area contributed by atoms with Crippen LogP contribution in [-0.4, -0.2) is 25.7 Å². The Balaban J connectivity index is 1.85. The number of rotatable bonds is 1. The lowest BCUT2D eigenvalue weighted by Crippen LogP contribution is -2.58. The lowest BCUT2D eigenvalue weighted by Gasteiger charge is -2.45. The summed E-state index contributed by atoms with van der Waals surface area (Å²) in [6.45, 7) is 4.25. The Morgan fingerprint density at radius 2 is 1.84 bits per heavy atom. The summed E-state index contributed by atoms with van der Waals surface area (Å²) >= 11 is 0. The molecule has 6 heteroatoms. The predicted molar refractivity (Wildman–Crippen MR) is 94.7 cm³/mol. The Hall–Kier alpha value is -2.31. The third-order valence-electron chi connectivity index (χ3n) is 5.36. The van der Waals surface area contributed by atoms with E-state index in [0.29, 0.717) is 11.3 Å². The molecule has 0 fully saturated rings. The zero-order chi connectivity index (χ0) is 18.0. The van der Waals surface area contributed by atoms with Crippen LogP contribution < -0.4 is 9.64 Å². The standard InChI is InChI=1S/C19H19NO4S/c1-18(2)15-6-4-5-7-16(15)20(3)19(18)11-10-13-12-14(25(21,22)23)8-9-17(13)24-19/h4-12H,1-3H3,(H,21,22,23)/p-1. The molecule has 130 valence electrons. The molecular weight excluding hydrogens is 338 g/mol. The van der Waals surface area contributed by atoms with Gasteiger partial charge in [0.2, 0.25) is 5.72 Å². The average Bonchev–Trinajstić information content (AvgIpc) is 2.73. The molecule has 0 bridgehead atoms. The summed E-state index contributed by atoms with van der Waals surface area (Å²) in [6, 6.07) is 12.4. The molecule has 1 unspecified atom stereocenters. The number of anilines is 1. The van der Waals surface area contributed by atoms with E-state index in [4.69, 9.17) is 4.74 Å². The molecule has 2 aliphatic heterocycles. The van der Waals surface area contributed by atoms with Crippen LogP contribution in [0.25, 0.3) is 6.08 Å². The molecule has 2 aliphatic rings. The van der Waals surface area contributed by atoms with E-state index in [1.54, 1.807) is 6.07 Å². The lowest BCUT2D eigenvalue weighted by atomic mass is 9.76. The van der Waals surface area contributed by atoms with Crippen molar-refractivity contribution in [1.82, 2.24) is 0 Å². The zero-order valence-electron chi connectivity index (χ0n) is 14.2. The molecule has 0 N–H and O–H groups in total. The Labute approximate surface area is 147 Å². The zero-order valence-corrected chi connectivity index (χ0v) is 15.0. The topological polar surface area (TPSA) is 69.7 Å². The fraction of sp³-hybridized carbons (Fsp3) is 0.263. The summed E-state index contributed by atoms with van der Waals surface area (Å²) in [6.07, 6.45) is 3.77. The Bertz CT molecular complexity index is 1010. The van der Waals surface area contributed by atoms with Gasteiger partial charge in [-0.25, -0.2) is 8.42 Å². The van der Waals surface area contributed by atoms with Crippen LogP contribution in [0.2, 0.25) is 0 Å². The van der Waals surface area contributed by atoms with Crippen LogP contribution in [0.1, 0.15) is 25.0 Å². The maximum atomic E-state index is 11.2. The molecule has 2 aromatic rings. The fourth-order valence-corrected chi connectivity index (χ4v) is 4.42. The number of hydrogen-bond donors (Lipinski definition) is 0. The van der Waals surface area contributed by atoms with Crippen molar-refractivity contribution in [3.05, 3.63) is 59.7 Å². The first kappa shape index (κ1) is 16.2. The van der Waals surface area contributed by atoms with Crippen LogP contribution in [0.4, 0.5) is 5.69 Å². The first-order valence-electron chi connectivity index (χ1n) is 7.98. The number of nitrogens with zero attached hydrogens (tertiary/aromatic N) is 1. The van der Waals surface area contributed by atoms with Gasteiger partial charge in [0.25, 0.3) is 0 Å². The molecule has 4 rings (SSSR count). The molecule has 0 aliphatic carbocycles. The molecule has 1 spiro atoms. The number of ether oxygens (including phenoxy) is 1. The molecule has 0 aromatic heterocycles. The summed E-state index contributed by atoms with van der Waals surface area (Å²) in [5.41, 5.74) is 1.82. The van der Waals surface area contributed by atoms with Crippen molar-refractivity contribution in [3.63, 3.8) is 0 Å². The van der Waals surface area contributed by atoms with Crippen LogP contribution in [0.5, 0.6) is 5.75 Å². The second-order valence-electron chi connectivity index (χ2n) is 6.99. The van der Waals surface area contributed by atoms with Crippen LogP contribution in [0.15, 0.2) is 53.4 Å². The molecule has 5 nitrogen and oxygen atoms in total. The van der Waals surface area contributed by atoms with Gasteiger partial charge in [0.15, 0.2) is 0 Å². The van der Waals surface area contributed by atoms with Crippen molar-refractivity contribution in [2.75, 3.05) is 11.9 Å². The molecule has 2 aromatic carbocycles. The quantitative estimate of drug-likeness (QED) is 0.734. The van der Waals surface area contributed by atoms with Gasteiger partial charge in [0, 0.05) is 18.3 Å². The van der Waals surface area contributed by atoms with E-state index in [1.165, 1.54) is 17.7 Å². The molecule has 1 atom stereocenters. The van der Waals surface area contributed by atoms with E-state index in [0.717, 1.165) is 5.69 Å². The Kier molecular flexibility index (Phi) is 3.15. The van der Waals surface area contributed by atoms with Crippen LogP contribution in [0.3, 0.4) is 0 Å². The van der Waals surface area contributed by atoms with Crippen LogP contribution in [0, 0.1) is 0 Å². The largest absolute Gasteiger partial charge is 0.744 e. The number of hydrogen-bond acceptors (Lipinski definition) is 5. The lowest BCUT2D eigenvalue weighted by molar-refractivity contribution is 0.0581. The predicted octanol–water partition coefficient (Wildman–Crippen LogP) is 3.12. The van der Waals surface area contributed by atoms with Crippen molar-refractivity contribution in [2.45, 2.75) is 29.9 Å². The van der Waals surface area contributed by atoms with Gasteiger partial charge in [-0.15, -0.1) is 0 Å². The van der Waals surface area contributed by atoms with Gasteiger partial charge >= 0.3 is 0 Å². The van der Waals surface area contributed by atoms with Gasteiger partial charge in [-0.05, 0) is 55.8 Å². The van der Waals surface area contributed by atoms with Gasteiger partial charge in [-0.1, -0.05) is 18.2 Å². The van der Waals surface area contributed by atoms with Crippen molar-refractivity contribution in [3.8, 4) is 5.75 Å².